The highest BCUT2D eigenvalue weighted by atomic mass is 32.1. The van der Waals surface area contributed by atoms with E-state index in [1.807, 2.05) is 30.3 Å². The second-order valence-corrected chi connectivity index (χ2v) is 5.27. The molecule has 1 unspecified atom stereocenters. The lowest BCUT2D eigenvalue weighted by atomic mass is 10.1. The Balaban J connectivity index is 0.000000240. The molecular formula is C14H19N3O3S. The molecule has 1 fully saturated rings. The zero-order valence-corrected chi connectivity index (χ0v) is 12.8. The second kappa shape index (κ2) is 7.70. The summed E-state index contributed by atoms with van der Waals surface area (Å²) < 4.78 is 0. The van der Waals surface area contributed by atoms with Gasteiger partial charge in [0, 0.05) is 5.69 Å². The van der Waals surface area contributed by atoms with Gasteiger partial charge in [0.25, 0.3) is 0 Å². The molecule has 21 heavy (non-hydrogen) atoms. The number of nitrogens with two attached hydrogens (primary N) is 1. The third-order valence-electron chi connectivity index (χ3n) is 2.86. The summed E-state index contributed by atoms with van der Waals surface area (Å²) in [4.78, 5) is 22.8. The minimum atomic E-state index is -0.931. The number of carbonyl (C=O) groups is 2. The highest BCUT2D eigenvalue weighted by Crippen LogP contribution is 2.15. The number of rotatable bonds is 3. The van der Waals surface area contributed by atoms with Gasteiger partial charge in [-0.25, -0.2) is 0 Å². The molecule has 2 rings (SSSR count). The first-order valence-electron chi connectivity index (χ1n) is 6.47. The molecule has 1 aromatic carbocycles. The van der Waals surface area contributed by atoms with Gasteiger partial charge in [-0.3, -0.25) is 9.59 Å². The van der Waals surface area contributed by atoms with Crippen LogP contribution < -0.4 is 16.0 Å². The molecule has 0 aromatic heterocycles. The van der Waals surface area contributed by atoms with Crippen molar-refractivity contribution in [2.24, 2.45) is 11.7 Å². The average molecular weight is 309 g/mol. The number of aliphatic carboxylic acids is 1. The van der Waals surface area contributed by atoms with Crippen molar-refractivity contribution in [2.45, 2.75) is 19.9 Å². The van der Waals surface area contributed by atoms with Gasteiger partial charge in [-0.1, -0.05) is 32.0 Å². The van der Waals surface area contributed by atoms with Crippen molar-refractivity contribution in [2.75, 3.05) is 11.4 Å². The molecule has 1 saturated heterocycles. The zero-order valence-electron chi connectivity index (χ0n) is 11.9. The Morgan fingerprint density at radius 2 is 1.95 bits per heavy atom. The minimum Gasteiger partial charge on any atom is -0.480 e. The van der Waals surface area contributed by atoms with E-state index < -0.39 is 12.0 Å². The van der Waals surface area contributed by atoms with Gasteiger partial charge in [-0.05, 0) is 30.3 Å². The number of hydrogen-bond donors (Lipinski definition) is 3. The lowest BCUT2D eigenvalue weighted by molar-refractivity contribution is -0.139. The predicted octanol–water partition coefficient (Wildman–Crippen LogP) is 0.962. The van der Waals surface area contributed by atoms with Crippen molar-refractivity contribution in [1.82, 2.24) is 5.32 Å². The molecule has 0 aliphatic carbocycles. The Kier molecular flexibility index (Phi) is 6.26. The van der Waals surface area contributed by atoms with E-state index in [0.29, 0.717) is 11.7 Å². The zero-order chi connectivity index (χ0) is 16.0. The Hall–Kier alpha value is -1.99. The molecule has 0 saturated carbocycles. The van der Waals surface area contributed by atoms with Crippen LogP contribution in [0.1, 0.15) is 13.8 Å². The summed E-state index contributed by atoms with van der Waals surface area (Å²) in [5.41, 5.74) is 6.11. The standard InChI is InChI=1S/C9H8N2OS.C5H11NO2/c12-8-6-11(9(13)10-8)7-4-2-1-3-5-7;1-3(2)4(6)5(7)8/h1-5H,6H2,(H,10,12,13);3-4H,6H2,1-2H3,(H,7,8). The molecule has 1 aliphatic heterocycles. The van der Waals surface area contributed by atoms with E-state index in [-0.39, 0.29) is 11.8 Å². The summed E-state index contributed by atoms with van der Waals surface area (Å²) in [7, 11) is 0. The van der Waals surface area contributed by atoms with Crippen LogP contribution in [0, 0.1) is 5.92 Å². The Bertz CT molecular complexity index is 519. The Morgan fingerprint density at radius 1 is 1.38 bits per heavy atom. The fourth-order valence-corrected chi connectivity index (χ4v) is 1.83. The van der Waals surface area contributed by atoms with Crippen LogP contribution >= 0.6 is 12.2 Å². The van der Waals surface area contributed by atoms with Gasteiger partial charge in [0.05, 0.1) is 0 Å². The van der Waals surface area contributed by atoms with E-state index in [9.17, 15) is 9.59 Å². The van der Waals surface area contributed by atoms with Crippen LogP contribution in [0.5, 0.6) is 0 Å². The van der Waals surface area contributed by atoms with Crippen molar-refractivity contribution < 1.29 is 14.7 Å². The summed E-state index contributed by atoms with van der Waals surface area (Å²) in [6.45, 7) is 3.88. The maximum absolute atomic E-state index is 11.0. The van der Waals surface area contributed by atoms with E-state index in [1.54, 1.807) is 18.7 Å². The number of nitrogens with one attached hydrogen (secondary N) is 1. The van der Waals surface area contributed by atoms with Crippen molar-refractivity contribution in [3.05, 3.63) is 30.3 Å². The number of hydrogen-bond acceptors (Lipinski definition) is 4. The first-order valence-corrected chi connectivity index (χ1v) is 6.88. The van der Waals surface area contributed by atoms with Gasteiger partial charge >= 0.3 is 5.97 Å². The van der Waals surface area contributed by atoms with Crippen LogP contribution in [0.25, 0.3) is 0 Å². The second-order valence-electron chi connectivity index (χ2n) is 4.88. The summed E-state index contributed by atoms with van der Waals surface area (Å²) in [5.74, 6) is -0.957. The topological polar surface area (TPSA) is 95.7 Å². The molecule has 1 aromatic rings. The number of anilines is 1. The lowest BCUT2D eigenvalue weighted by Crippen LogP contribution is -2.34. The van der Waals surface area contributed by atoms with E-state index in [1.165, 1.54) is 0 Å². The first-order chi connectivity index (χ1) is 9.82. The summed E-state index contributed by atoms with van der Waals surface area (Å²) in [5, 5.41) is 11.3. The molecular weight excluding hydrogens is 290 g/mol. The Labute approximate surface area is 128 Å². The SMILES string of the molecule is CC(C)C(N)C(=O)O.O=C1CN(c2ccccc2)C(=S)N1. The minimum absolute atomic E-state index is 0.0208. The number of nitrogens with zero attached hydrogens (tertiary/aromatic N) is 1. The molecule has 0 radical (unpaired) electrons. The van der Waals surface area contributed by atoms with Crippen molar-refractivity contribution in [1.29, 1.82) is 0 Å². The van der Waals surface area contributed by atoms with Crippen LogP contribution in [0.2, 0.25) is 0 Å². The molecule has 1 atom stereocenters. The number of carbonyl (C=O) groups excluding carboxylic acids is 1. The largest absolute Gasteiger partial charge is 0.480 e. The quantitative estimate of drug-likeness (QED) is 0.720. The first kappa shape index (κ1) is 17.1. The number of carboxylic acid groups (broad SMARTS) is 1. The van der Waals surface area contributed by atoms with Gasteiger partial charge < -0.3 is 21.1 Å². The molecule has 0 spiro atoms. The van der Waals surface area contributed by atoms with Crippen molar-refractivity contribution >= 4 is 34.9 Å². The third-order valence-corrected chi connectivity index (χ3v) is 3.19. The average Bonchev–Trinajstić information content (AvgIpc) is 2.78. The van der Waals surface area contributed by atoms with Gasteiger partial charge in [0.2, 0.25) is 5.91 Å². The molecule has 1 aliphatic rings. The van der Waals surface area contributed by atoms with Gasteiger partial charge in [-0.2, -0.15) is 0 Å². The van der Waals surface area contributed by atoms with E-state index in [4.69, 9.17) is 23.1 Å². The number of carboxylic acids is 1. The number of amides is 1. The summed E-state index contributed by atoms with van der Waals surface area (Å²) >= 11 is 4.99. The van der Waals surface area contributed by atoms with E-state index >= 15 is 0 Å². The number of benzene rings is 1. The number of thiocarbonyl (C=S) groups is 1. The Morgan fingerprint density at radius 3 is 2.29 bits per heavy atom. The van der Waals surface area contributed by atoms with E-state index in [2.05, 4.69) is 5.32 Å². The molecule has 4 N–H and O–H groups in total. The molecule has 7 heteroatoms. The maximum Gasteiger partial charge on any atom is 0.320 e. The monoisotopic (exact) mass is 309 g/mol. The van der Waals surface area contributed by atoms with Crippen LogP contribution in [-0.2, 0) is 9.59 Å². The molecule has 6 nitrogen and oxygen atoms in total. The van der Waals surface area contributed by atoms with Crippen LogP contribution in [0.3, 0.4) is 0 Å². The molecule has 1 heterocycles. The third kappa shape index (κ3) is 5.13. The van der Waals surface area contributed by atoms with Crippen LogP contribution in [0.4, 0.5) is 5.69 Å². The highest BCUT2D eigenvalue weighted by molar-refractivity contribution is 7.80. The fraction of sp³-hybridized carbons (Fsp3) is 0.357. The van der Waals surface area contributed by atoms with Gasteiger partial charge in [0.1, 0.15) is 12.6 Å². The molecule has 0 bridgehead atoms. The molecule has 1 amide bonds. The number of para-hydroxylation sites is 1. The van der Waals surface area contributed by atoms with Crippen LogP contribution in [0.15, 0.2) is 30.3 Å². The van der Waals surface area contributed by atoms with Gasteiger partial charge in [0.15, 0.2) is 5.11 Å². The van der Waals surface area contributed by atoms with Crippen molar-refractivity contribution in [3.8, 4) is 0 Å². The summed E-state index contributed by atoms with van der Waals surface area (Å²) in [6, 6.07) is 8.90. The predicted molar refractivity (Wildman–Crippen MR) is 85.0 cm³/mol. The van der Waals surface area contributed by atoms with Crippen LogP contribution in [-0.4, -0.2) is 34.7 Å². The maximum atomic E-state index is 11.0. The van der Waals surface area contributed by atoms with E-state index in [0.717, 1.165) is 5.69 Å². The highest BCUT2D eigenvalue weighted by Gasteiger charge is 2.23. The molecule has 114 valence electrons. The van der Waals surface area contributed by atoms with Gasteiger partial charge in [-0.15, -0.1) is 0 Å². The normalized spacial score (nSPS) is 15.3. The lowest BCUT2D eigenvalue weighted by Gasteiger charge is -2.14. The fourth-order valence-electron chi connectivity index (χ4n) is 1.54. The van der Waals surface area contributed by atoms with Crippen molar-refractivity contribution in [3.63, 3.8) is 0 Å². The summed E-state index contributed by atoms with van der Waals surface area (Å²) in [6.07, 6.45) is 0. The smallest absolute Gasteiger partial charge is 0.320 e.